The summed E-state index contributed by atoms with van der Waals surface area (Å²) in [7, 11) is 0. The lowest BCUT2D eigenvalue weighted by Crippen LogP contribution is -2.42. The maximum absolute atomic E-state index is 13.3. The number of hydrogen-bond donors (Lipinski definition) is 1. The summed E-state index contributed by atoms with van der Waals surface area (Å²) in [4.78, 5) is 44.3. The molecule has 1 unspecified atom stereocenters. The third-order valence-electron chi connectivity index (χ3n) is 5.90. The Morgan fingerprint density at radius 1 is 1.24 bits per heavy atom. The van der Waals surface area contributed by atoms with Gasteiger partial charge in [-0.25, -0.2) is 9.18 Å². The van der Waals surface area contributed by atoms with Crippen LogP contribution in [0.2, 0.25) is 0 Å². The molecule has 0 radical (unpaired) electrons. The first-order valence-corrected chi connectivity index (χ1v) is 11.3. The number of aromatic nitrogens is 5. The van der Waals surface area contributed by atoms with Gasteiger partial charge in [-0.3, -0.25) is 19.1 Å². The predicted octanol–water partition coefficient (Wildman–Crippen LogP) is 1.21. The van der Waals surface area contributed by atoms with Crippen LogP contribution in [0.15, 0.2) is 38.4 Å². The first-order valence-electron chi connectivity index (χ1n) is 11.3. The second-order valence-corrected chi connectivity index (χ2v) is 8.13. The largest absolute Gasteiger partial charge is 0.352 e. The molecular weight excluding hydrogens is 445 g/mol. The summed E-state index contributed by atoms with van der Waals surface area (Å²) in [6.45, 7) is 5.98. The molecule has 1 fully saturated rings. The highest BCUT2D eigenvalue weighted by Crippen LogP contribution is 2.15. The fourth-order valence-electron chi connectivity index (χ4n) is 3.97. The molecule has 3 aromatic rings. The molecule has 1 aliphatic heterocycles. The molecule has 34 heavy (non-hydrogen) atoms. The molecule has 180 valence electrons. The normalized spacial score (nSPS) is 16.5. The number of benzene rings is 1. The molecule has 2 aromatic heterocycles. The second-order valence-electron chi connectivity index (χ2n) is 8.13. The van der Waals surface area contributed by atoms with Crippen LogP contribution in [0, 0.1) is 5.82 Å². The molecule has 0 saturated carbocycles. The highest BCUT2D eigenvalue weighted by atomic mass is 19.1. The van der Waals surface area contributed by atoms with E-state index in [-0.39, 0.29) is 29.6 Å². The van der Waals surface area contributed by atoms with Crippen molar-refractivity contribution in [3.05, 3.63) is 56.8 Å². The monoisotopic (exact) mass is 471 g/mol. The fourth-order valence-corrected chi connectivity index (χ4v) is 3.97. The number of hydrogen-bond acceptors (Lipinski definition) is 8. The Hall–Kier alpha value is -3.67. The number of carbonyl (C=O) groups is 1. The maximum atomic E-state index is 13.3. The maximum Gasteiger partial charge on any atom is 0.352 e. The van der Waals surface area contributed by atoms with Gasteiger partial charge in [0.2, 0.25) is 5.82 Å². The smallest absolute Gasteiger partial charge is 0.347 e. The van der Waals surface area contributed by atoms with Crippen LogP contribution in [-0.2, 0) is 6.54 Å². The van der Waals surface area contributed by atoms with Gasteiger partial charge in [0.1, 0.15) is 5.82 Å². The van der Waals surface area contributed by atoms with E-state index in [4.69, 9.17) is 4.52 Å². The van der Waals surface area contributed by atoms with Gasteiger partial charge in [-0.05, 0) is 57.5 Å². The molecule has 0 spiro atoms. The van der Waals surface area contributed by atoms with Crippen LogP contribution >= 0.6 is 0 Å². The summed E-state index contributed by atoms with van der Waals surface area (Å²) in [5, 5.41) is 10.6. The number of nitrogens with zero attached hydrogens (tertiary/aromatic N) is 6. The van der Waals surface area contributed by atoms with Crippen molar-refractivity contribution in [3.63, 3.8) is 0 Å². The molecule has 1 atom stereocenters. The van der Waals surface area contributed by atoms with Crippen LogP contribution < -0.4 is 16.6 Å². The Balaban J connectivity index is 1.55. The van der Waals surface area contributed by atoms with Crippen LogP contribution in [0.3, 0.4) is 0 Å². The van der Waals surface area contributed by atoms with Gasteiger partial charge in [0.15, 0.2) is 5.69 Å². The molecular formula is C22H26FN7O4. The van der Waals surface area contributed by atoms with E-state index in [1.165, 1.54) is 30.7 Å². The Labute approximate surface area is 194 Å². The lowest BCUT2D eigenvalue weighted by Gasteiger charge is -2.33. The molecule has 1 aliphatic rings. The lowest BCUT2D eigenvalue weighted by molar-refractivity contribution is 0.0895. The molecule has 0 bridgehead atoms. The summed E-state index contributed by atoms with van der Waals surface area (Å²) in [5.74, 6) is -1.58. The zero-order chi connectivity index (χ0) is 24.2. The van der Waals surface area contributed by atoms with Crippen molar-refractivity contribution in [2.24, 2.45) is 0 Å². The number of piperidine rings is 1. The van der Waals surface area contributed by atoms with Gasteiger partial charge < -0.3 is 9.84 Å². The summed E-state index contributed by atoms with van der Waals surface area (Å²) < 4.78 is 20.3. The van der Waals surface area contributed by atoms with Gasteiger partial charge in [0.25, 0.3) is 5.56 Å². The van der Waals surface area contributed by atoms with Crippen LogP contribution in [-0.4, -0.2) is 61.0 Å². The van der Waals surface area contributed by atoms with Gasteiger partial charge in [0, 0.05) is 25.7 Å². The minimum absolute atomic E-state index is 0.0640. The molecule has 1 saturated heterocycles. The van der Waals surface area contributed by atoms with Gasteiger partial charge in [-0.1, -0.05) is 11.6 Å². The van der Waals surface area contributed by atoms with Crippen molar-refractivity contribution in [3.8, 4) is 17.2 Å². The average molecular weight is 471 g/mol. The van der Waals surface area contributed by atoms with E-state index in [0.717, 1.165) is 28.6 Å². The second kappa shape index (κ2) is 10.1. The van der Waals surface area contributed by atoms with Crippen molar-refractivity contribution >= 4 is 5.91 Å². The SMILES string of the molecule is CCn1c(=O)c(-c2noc(C(=O)NCCN3CCCCC3C)n2)nn(-c2ccc(F)cc2)c1=O. The summed E-state index contributed by atoms with van der Waals surface area (Å²) >= 11 is 0. The average Bonchev–Trinajstić information content (AvgIpc) is 3.32. The minimum atomic E-state index is -0.724. The Morgan fingerprint density at radius 3 is 2.71 bits per heavy atom. The van der Waals surface area contributed by atoms with Gasteiger partial charge in [-0.2, -0.15) is 14.8 Å². The zero-order valence-corrected chi connectivity index (χ0v) is 19.0. The standard InChI is InChI=1S/C22H26FN7O4/c1-3-29-21(32)17(26-30(22(29)33)16-9-7-15(23)8-10-16)18-25-20(34-27-18)19(31)24-11-13-28-12-5-4-6-14(28)2/h7-10,14H,3-6,11-13H2,1-2H3,(H,24,31). The number of nitrogens with one attached hydrogen (secondary N) is 1. The highest BCUT2D eigenvalue weighted by Gasteiger charge is 2.23. The molecule has 11 nitrogen and oxygen atoms in total. The Kier molecular flexibility index (Phi) is 6.96. The molecule has 12 heteroatoms. The number of amides is 1. The van der Waals surface area contributed by atoms with E-state index < -0.39 is 23.0 Å². The first kappa shape index (κ1) is 23.5. The van der Waals surface area contributed by atoms with Crippen molar-refractivity contribution in [1.29, 1.82) is 0 Å². The number of carbonyl (C=O) groups excluding carboxylic acids is 1. The highest BCUT2D eigenvalue weighted by molar-refractivity contribution is 5.89. The zero-order valence-electron chi connectivity index (χ0n) is 19.0. The van der Waals surface area contributed by atoms with Gasteiger partial charge in [-0.15, -0.1) is 0 Å². The molecule has 3 heterocycles. The molecule has 1 N–H and O–H groups in total. The van der Waals surface area contributed by atoms with Crippen LogP contribution in [0.4, 0.5) is 4.39 Å². The number of rotatable bonds is 7. The van der Waals surface area contributed by atoms with Crippen LogP contribution in [0.25, 0.3) is 17.2 Å². The van der Waals surface area contributed by atoms with Crippen molar-refractivity contribution in [2.45, 2.75) is 45.7 Å². The number of halogens is 1. The van der Waals surface area contributed by atoms with E-state index >= 15 is 0 Å². The predicted molar refractivity (Wildman–Crippen MR) is 120 cm³/mol. The van der Waals surface area contributed by atoms with Gasteiger partial charge in [0.05, 0.1) is 5.69 Å². The topological polar surface area (TPSA) is 128 Å². The third-order valence-corrected chi connectivity index (χ3v) is 5.90. The van der Waals surface area contributed by atoms with Crippen molar-refractivity contribution in [1.82, 2.24) is 34.7 Å². The molecule has 1 aromatic carbocycles. The Bertz CT molecular complexity index is 1280. The van der Waals surface area contributed by atoms with E-state index in [2.05, 4.69) is 32.4 Å². The fraction of sp³-hybridized carbons (Fsp3) is 0.455. The first-order chi connectivity index (χ1) is 16.4. The van der Waals surface area contributed by atoms with Crippen molar-refractivity contribution in [2.75, 3.05) is 19.6 Å². The summed E-state index contributed by atoms with van der Waals surface area (Å²) in [5.41, 5.74) is -1.44. The number of likely N-dealkylation sites (tertiary alicyclic amines) is 1. The van der Waals surface area contributed by atoms with Crippen LogP contribution in [0.5, 0.6) is 0 Å². The third kappa shape index (κ3) is 4.81. The van der Waals surface area contributed by atoms with Crippen molar-refractivity contribution < 1.29 is 13.7 Å². The van der Waals surface area contributed by atoms with Gasteiger partial charge >= 0.3 is 17.5 Å². The lowest BCUT2D eigenvalue weighted by atomic mass is 10.0. The molecule has 4 rings (SSSR count). The molecule has 1 amide bonds. The quantitative estimate of drug-likeness (QED) is 0.545. The van der Waals surface area contributed by atoms with E-state index in [1.807, 2.05) is 0 Å². The van der Waals surface area contributed by atoms with E-state index in [0.29, 0.717) is 19.1 Å². The summed E-state index contributed by atoms with van der Waals surface area (Å²) in [6.07, 6.45) is 3.51. The van der Waals surface area contributed by atoms with Crippen LogP contribution in [0.1, 0.15) is 43.8 Å². The van der Waals surface area contributed by atoms with E-state index in [1.54, 1.807) is 6.92 Å². The Morgan fingerprint density at radius 2 is 2.00 bits per heavy atom. The molecule has 0 aliphatic carbocycles. The van der Waals surface area contributed by atoms with E-state index in [9.17, 15) is 18.8 Å². The summed E-state index contributed by atoms with van der Waals surface area (Å²) in [6, 6.07) is 5.54. The minimum Gasteiger partial charge on any atom is -0.347 e.